The predicted molar refractivity (Wildman–Crippen MR) is 86.6 cm³/mol. The molecule has 8 N–H and O–H groups in total. The Kier molecular flexibility index (Phi) is 6.09. The fourth-order valence-electron chi connectivity index (χ4n) is 2.33. The second kappa shape index (κ2) is 7.64. The lowest BCUT2D eigenvalue weighted by molar-refractivity contribution is -0.162. The average Bonchev–Trinajstić information content (AvgIpc) is 2.58. The highest BCUT2D eigenvalue weighted by molar-refractivity contribution is 6.14. The number of hydrogen-bond acceptors (Lipinski definition) is 8. The molecule has 0 amide bonds. The van der Waals surface area contributed by atoms with Crippen molar-refractivity contribution in [2.45, 2.75) is 23.9 Å². The van der Waals surface area contributed by atoms with Crippen molar-refractivity contribution in [2.75, 3.05) is 0 Å². The topological polar surface area (TPSA) is 199 Å². The summed E-state index contributed by atoms with van der Waals surface area (Å²) in [5.74, 6) is 0.107. The molecule has 0 saturated heterocycles. The molecule has 0 aliphatic rings. The highest BCUT2D eigenvalue weighted by atomic mass is 16.4. The Balaban J connectivity index is 3.56. The van der Waals surface area contributed by atoms with E-state index >= 15 is 0 Å². The van der Waals surface area contributed by atoms with Gasteiger partial charge in [0.1, 0.15) is 6.29 Å². The van der Waals surface area contributed by atoms with Crippen LogP contribution in [0.3, 0.4) is 0 Å². The van der Waals surface area contributed by atoms with E-state index in [-0.39, 0.29) is 12.0 Å². The second-order valence-corrected chi connectivity index (χ2v) is 5.26. The van der Waals surface area contributed by atoms with Gasteiger partial charge in [0.2, 0.25) is 5.54 Å². The van der Waals surface area contributed by atoms with Crippen molar-refractivity contribution in [3.05, 3.63) is 35.4 Å². The molecule has 0 radical (unpaired) electrons. The fraction of sp³-hybridized carbons (Fsp3) is 0.267. The van der Waals surface area contributed by atoms with Crippen molar-refractivity contribution >= 4 is 30.2 Å². The maximum absolute atomic E-state index is 12.3. The van der Waals surface area contributed by atoms with Gasteiger partial charge in [0, 0.05) is 12.8 Å². The van der Waals surface area contributed by atoms with E-state index in [1.807, 2.05) is 0 Å². The Bertz CT molecular complexity index is 717. The van der Waals surface area contributed by atoms with Crippen LogP contribution in [0.25, 0.3) is 0 Å². The second-order valence-electron chi connectivity index (χ2n) is 5.26. The number of aldehydes is 1. The molecule has 1 aromatic rings. The number of rotatable bonds is 9. The number of carboxylic acid groups (broad SMARTS) is 2. The third-order valence-corrected chi connectivity index (χ3v) is 3.82. The minimum Gasteiger partial charge on any atom is -0.480 e. The SMILES string of the molecule is NN=Cc1ccc(C(N)(C(=O)O)C(N)(C(=O)O)C(=O)CCC=O)cc1. The number of carbonyl (C=O) groups is 4. The number of Topliss-reactive ketones (excluding diaryl/α,β-unsaturated/α-hetero) is 1. The molecule has 0 saturated carbocycles. The summed E-state index contributed by atoms with van der Waals surface area (Å²) in [6, 6.07) is 5.19. The molecule has 0 fully saturated rings. The van der Waals surface area contributed by atoms with Gasteiger partial charge in [-0.2, -0.15) is 5.10 Å². The Labute approximate surface area is 142 Å². The van der Waals surface area contributed by atoms with Gasteiger partial charge in [-0.3, -0.25) is 4.79 Å². The third-order valence-electron chi connectivity index (χ3n) is 3.82. The van der Waals surface area contributed by atoms with Crippen LogP contribution >= 0.6 is 0 Å². The monoisotopic (exact) mass is 350 g/mol. The fourth-order valence-corrected chi connectivity index (χ4v) is 2.33. The molecule has 0 spiro atoms. The van der Waals surface area contributed by atoms with Crippen LogP contribution in [-0.4, -0.2) is 46.0 Å². The Morgan fingerprint density at radius 3 is 2.04 bits per heavy atom. The van der Waals surface area contributed by atoms with Gasteiger partial charge in [-0.1, -0.05) is 24.3 Å². The first-order valence-corrected chi connectivity index (χ1v) is 7.01. The summed E-state index contributed by atoms with van der Waals surface area (Å²) in [6.07, 6.45) is 0.786. The number of ketones is 1. The van der Waals surface area contributed by atoms with E-state index in [1.165, 1.54) is 30.5 Å². The summed E-state index contributed by atoms with van der Waals surface area (Å²) in [5, 5.41) is 22.3. The molecule has 134 valence electrons. The molecule has 1 rings (SSSR count). The molecular weight excluding hydrogens is 332 g/mol. The van der Waals surface area contributed by atoms with Crippen LogP contribution in [0.15, 0.2) is 29.4 Å². The zero-order valence-corrected chi connectivity index (χ0v) is 13.1. The summed E-state index contributed by atoms with van der Waals surface area (Å²) in [5.41, 5.74) is 6.11. The van der Waals surface area contributed by atoms with Gasteiger partial charge < -0.3 is 32.3 Å². The Hall–Kier alpha value is -3.11. The maximum atomic E-state index is 12.3. The summed E-state index contributed by atoms with van der Waals surface area (Å²) >= 11 is 0. The molecule has 1 aromatic carbocycles. The standard InChI is InChI=1S/C15H18N4O6/c16-14(12(22)23,10-5-3-9(4-6-10)8-19-18)15(17,13(24)25)11(21)2-1-7-20/h3-8H,1-2,16-18H2,(H,22,23)(H,24,25). The highest BCUT2D eigenvalue weighted by Crippen LogP contribution is 2.32. The number of carbonyl (C=O) groups excluding carboxylic acids is 2. The summed E-state index contributed by atoms with van der Waals surface area (Å²) in [6.45, 7) is 0. The van der Waals surface area contributed by atoms with Crippen molar-refractivity contribution in [1.82, 2.24) is 0 Å². The molecule has 25 heavy (non-hydrogen) atoms. The van der Waals surface area contributed by atoms with Gasteiger partial charge in [0.05, 0.1) is 6.21 Å². The van der Waals surface area contributed by atoms with Crippen molar-refractivity contribution in [3.63, 3.8) is 0 Å². The van der Waals surface area contributed by atoms with Crippen LogP contribution in [0.4, 0.5) is 0 Å². The molecule has 0 bridgehead atoms. The molecule has 0 aliphatic heterocycles. The van der Waals surface area contributed by atoms with E-state index in [1.54, 1.807) is 0 Å². The van der Waals surface area contributed by atoms with Crippen LogP contribution in [0.1, 0.15) is 24.0 Å². The molecular formula is C15H18N4O6. The number of carboxylic acids is 2. The number of benzene rings is 1. The van der Waals surface area contributed by atoms with Gasteiger partial charge in [-0.25, -0.2) is 9.59 Å². The Morgan fingerprint density at radius 1 is 1.08 bits per heavy atom. The van der Waals surface area contributed by atoms with Crippen LogP contribution in [-0.2, 0) is 24.7 Å². The largest absolute Gasteiger partial charge is 0.480 e. The minimum absolute atomic E-state index is 0.210. The van der Waals surface area contributed by atoms with Crippen LogP contribution in [0.5, 0.6) is 0 Å². The van der Waals surface area contributed by atoms with Gasteiger partial charge in [-0.15, -0.1) is 0 Å². The molecule has 10 heteroatoms. The summed E-state index contributed by atoms with van der Waals surface area (Å²) in [4.78, 5) is 46.3. The molecule has 2 unspecified atom stereocenters. The zero-order chi connectivity index (χ0) is 19.3. The number of hydrazone groups is 1. The van der Waals surface area contributed by atoms with E-state index < -0.39 is 35.2 Å². The average molecular weight is 350 g/mol. The zero-order valence-electron chi connectivity index (χ0n) is 13.1. The number of aliphatic carboxylic acids is 2. The van der Waals surface area contributed by atoms with Crippen molar-refractivity contribution < 1.29 is 29.4 Å². The molecule has 0 aliphatic carbocycles. The lowest BCUT2D eigenvalue weighted by atomic mass is 9.69. The van der Waals surface area contributed by atoms with Gasteiger partial charge >= 0.3 is 11.9 Å². The first kappa shape index (κ1) is 19.9. The van der Waals surface area contributed by atoms with E-state index in [4.69, 9.17) is 17.3 Å². The van der Waals surface area contributed by atoms with E-state index in [2.05, 4.69) is 5.10 Å². The van der Waals surface area contributed by atoms with Crippen molar-refractivity contribution in [3.8, 4) is 0 Å². The van der Waals surface area contributed by atoms with E-state index in [0.717, 1.165) is 0 Å². The van der Waals surface area contributed by atoms with Crippen molar-refractivity contribution in [1.29, 1.82) is 0 Å². The molecule has 2 atom stereocenters. The maximum Gasteiger partial charge on any atom is 0.334 e. The molecule has 0 aromatic heterocycles. The molecule has 10 nitrogen and oxygen atoms in total. The van der Waals surface area contributed by atoms with E-state index in [0.29, 0.717) is 11.8 Å². The molecule has 0 heterocycles. The lowest BCUT2D eigenvalue weighted by Crippen LogP contribution is -2.75. The minimum atomic E-state index is -2.98. The first-order chi connectivity index (χ1) is 11.7. The van der Waals surface area contributed by atoms with Crippen LogP contribution in [0, 0.1) is 0 Å². The van der Waals surface area contributed by atoms with Gasteiger partial charge in [-0.05, 0) is 11.1 Å². The van der Waals surface area contributed by atoms with Crippen molar-refractivity contribution in [2.24, 2.45) is 22.4 Å². The number of nitrogens with two attached hydrogens (primary N) is 3. The van der Waals surface area contributed by atoms with Crippen LogP contribution in [0.2, 0.25) is 0 Å². The quantitative estimate of drug-likeness (QED) is 0.116. The Morgan fingerprint density at radius 2 is 1.64 bits per heavy atom. The van der Waals surface area contributed by atoms with E-state index in [9.17, 15) is 29.4 Å². The van der Waals surface area contributed by atoms with Gasteiger partial charge in [0.25, 0.3) is 0 Å². The summed E-state index contributed by atoms with van der Waals surface area (Å²) in [7, 11) is 0. The van der Waals surface area contributed by atoms with Crippen LogP contribution < -0.4 is 17.3 Å². The number of hydrogen-bond donors (Lipinski definition) is 5. The highest BCUT2D eigenvalue weighted by Gasteiger charge is 2.62. The normalized spacial score (nSPS) is 15.9. The smallest absolute Gasteiger partial charge is 0.334 e. The van der Waals surface area contributed by atoms with Gasteiger partial charge in [0.15, 0.2) is 11.3 Å². The summed E-state index contributed by atoms with van der Waals surface area (Å²) < 4.78 is 0. The number of nitrogens with zero attached hydrogens (tertiary/aromatic N) is 1. The predicted octanol–water partition coefficient (Wildman–Crippen LogP) is -1.45. The third kappa shape index (κ3) is 3.39. The lowest BCUT2D eigenvalue weighted by Gasteiger charge is -2.38. The first-order valence-electron chi connectivity index (χ1n) is 7.01.